The summed E-state index contributed by atoms with van der Waals surface area (Å²) in [5.41, 5.74) is 1.30. The number of anilines is 1. The molecule has 1 fully saturated rings. The van der Waals surface area contributed by atoms with Crippen molar-refractivity contribution in [3.05, 3.63) is 59.6 Å². The predicted octanol–water partition coefficient (Wildman–Crippen LogP) is 2.20. The number of benzene rings is 2. The Kier molecular flexibility index (Phi) is 6.44. The maximum Gasteiger partial charge on any atom is 0.112 e. The van der Waals surface area contributed by atoms with Crippen molar-refractivity contribution >= 4 is 29.1 Å². The summed E-state index contributed by atoms with van der Waals surface area (Å²) in [7, 11) is 0. The van der Waals surface area contributed by atoms with E-state index in [1.165, 1.54) is 10.6 Å². The largest absolute Gasteiger partial charge is 0.386 e. The highest BCUT2D eigenvalue weighted by Crippen LogP contribution is 2.22. The highest BCUT2D eigenvalue weighted by Gasteiger charge is 2.22. The van der Waals surface area contributed by atoms with Gasteiger partial charge in [-0.2, -0.15) is 0 Å². The molecular weight excluding hydrogens is 340 g/mol. The van der Waals surface area contributed by atoms with Gasteiger partial charge in [-0.1, -0.05) is 35.9 Å². The zero-order valence-corrected chi connectivity index (χ0v) is 15.3. The third-order valence-electron chi connectivity index (χ3n) is 4.35. The Bertz CT molecular complexity index is 632. The Hall–Kier alpha value is -1.20. The van der Waals surface area contributed by atoms with E-state index in [1.807, 2.05) is 24.3 Å². The van der Waals surface area contributed by atoms with Gasteiger partial charge in [0, 0.05) is 21.4 Å². The molecule has 1 aliphatic rings. The van der Waals surface area contributed by atoms with Gasteiger partial charge >= 0.3 is 0 Å². The summed E-state index contributed by atoms with van der Waals surface area (Å²) in [4.78, 5) is 5.03. The van der Waals surface area contributed by atoms with E-state index in [4.69, 9.17) is 11.6 Å². The number of para-hydroxylation sites is 1. The monoisotopic (exact) mass is 363 g/mol. The summed E-state index contributed by atoms with van der Waals surface area (Å²) >= 11 is 7.67. The molecule has 2 N–H and O–H groups in total. The molecule has 0 amide bonds. The Morgan fingerprint density at radius 1 is 1.08 bits per heavy atom. The number of hydrogen-bond donors (Lipinski definition) is 2. The van der Waals surface area contributed by atoms with E-state index < -0.39 is 0 Å². The van der Waals surface area contributed by atoms with Crippen LogP contribution in [0.15, 0.2) is 59.5 Å². The number of aliphatic hydroxyl groups is 1. The van der Waals surface area contributed by atoms with Crippen molar-refractivity contribution < 1.29 is 10.0 Å². The zero-order valence-electron chi connectivity index (χ0n) is 13.7. The van der Waals surface area contributed by atoms with Gasteiger partial charge in [0.25, 0.3) is 0 Å². The topological polar surface area (TPSA) is 27.9 Å². The van der Waals surface area contributed by atoms with Gasteiger partial charge in [0.15, 0.2) is 0 Å². The quantitative estimate of drug-likeness (QED) is 0.771. The van der Waals surface area contributed by atoms with Gasteiger partial charge in [-0.3, -0.25) is 0 Å². The first-order chi connectivity index (χ1) is 11.7. The first kappa shape index (κ1) is 17.6. The lowest BCUT2D eigenvalue weighted by molar-refractivity contribution is -0.903. The molecule has 128 valence electrons. The van der Waals surface area contributed by atoms with Crippen LogP contribution in [0.2, 0.25) is 5.02 Å². The lowest BCUT2D eigenvalue weighted by Crippen LogP contribution is -3.15. The van der Waals surface area contributed by atoms with Crippen molar-refractivity contribution in [2.45, 2.75) is 11.0 Å². The second kappa shape index (κ2) is 8.77. The predicted molar refractivity (Wildman–Crippen MR) is 102 cm³/mol. The molecule has 2 aromatic rings. The molecular formula is C19H24ClN2OS+. The molecule has 2 aromatic carbocycles. The Morgan fingerprint density at radius 3 is 2.54 bits per heavy atom. The van der Waals surface area contributed by atoms with Crippen molar-refractivity contribution in [2.24, 2.45) is 0 Å². The van der Waals surface area contributed by atoms with Gasteiger partial charge < -0.3 is 14.9 Å². The molecule has 1 saturated heterocycles. The minimum Gasteiger partial charge on any atom is -0.386 e. The molecule has 0 spiro atoms. The fourth-order valence-electron chi connectivity index (χ4n) is 3.07. The lowest BCUT2D eigenvalue weighted by Gasteiger charge is -2.34. The molecule has 0 aliphatic carbocycles. The van der Waals surface area contributed by atoms with Crippen LogP contribution in [0, 0.1) is 0 Å². The number of rotatable bonds is 6. The number of nitrogens with zero attached hydrogens (tertiary/aromatic N) is 1. The van der Waals surface area contributed by atoms with E-state index in [0.717, 1.165) is 42.6 Å². The van der Waals surface area contributed by atoms with Crippen molar-refractivity contribution in [3.63, 3.8) is 0 Å². The molecule has 3 nitrogen and oxygen atoms in total. The van der Waals surface area contributed by atoms with Gasteiger partial charge in [0.1, 0.15) is 12.6 Å². The Labute approximate surface area is 153 Å². The lowest BCUT2D eigenvalue weighted by atomic mass is 10.2. The van der Waals surface area contributed by atoms with Gasteiger partial charge in [-0.15, -0.1) is 11.8 Å². The minimum absolute atomic E-state index is 0.285. The third kappa shape index (κ3) is 5.15. The summed E-state index contributed by atoms with van der Waals surface area (Å²) in [6.45, 7) is 5.07. The fraction of sp³-hybridized carbons (Fsp3) is 0.368. The molecule has 0 radical (unpaired) electrons. The van der Waals surface area contributed by atoms with Gasteiger partial charge in [0.05, 0.1) is 26.2 Å². The van der Waals surface area contributed by atoms with Crippen LogP contribution in [-0.2, 0) is 0 Å². The summed E-state index contributed by atoms with van der Waals surface area (Å²) in [5, 5.41) is 11.1. The Morgan fingerprint density at radius 2 is 1.83 bits per heavy atom. The summed E-state index contributed by atoms with van der Waals surface area (Å²) in [5.74, 6) is 0.715. The first-order valence-corrected chi connectivity index (χ1v) is 9.77. The van der Waals surface area contributed by atoms with Crippen molar-refractivity contribution in [2.75, 3.05) is 43.4 Å². The van der Waals surface area contributed by atoms with E-state index in [0.29, 0.717) is 5.75 Å². The van der Waals surface area contributed by atoms with Crippen LogP contribution >= 0.6 is 23.4 Å². The van der Waals surface area contributed by atoms with Crippen LogP contribution in [-0.4, -0.2) is 49.7 Å². The van der Waals surface area contributed by atoms with Crippen molar-refractivity contribution in [1.29, 1.82) is 0 Å². The standard InChI is InChI=1S/C19H23ClN2OS/c20-16-5-4-8-19(13-16)24-15-18(23)14-21-9-11-22(12-10-21)17-6-2-1-3-7-17/h1-8,13,18,23H,9-12,14-15H2/p+1/t18-/m1/s1. The van der Waals surface area contributed by atoms with Crippen LogP contribution in [0.3, 0.4) is 0 Å². The third-order valence-corrected chi connectivity index (χ3v) is 5.73. The van der Waals surface area contributed by atoms with E-state index in [2.05, 4.69) is 35.2 Å². The van der Waals surface area contributed by atoms with E-state index >= 15 is 0 Å². The van der Waals surface area contributed by atoms with Crippen molar-refractivity contribution in [3.8, 4) is 0 Å². The highest BCUT2D eigenvalue weighted by atomic mass is 35.5. The molecule has 1 atom stereocenters. The molecule has 0 bridgehead atoms. The molecule has 24 heavy (non-hydrogen) atoms. The normalized spacial score (nSPS) is 17.0. The number of piperazine rings is 1. The summed E-state index contributed by atoms with van der Waals surface area (Å²) in [6.07, 6.45) is -0.285. The molecule has 0 aromatic heterocycles. The number of aliphatic hydroxyl groups excluding tert-OH is 1. The second-order valence-corrected chi connectivity index (χ2v) is 7.73. The number of hydrogen-bond acceptors (Lipinski definition) is 3. The minimum atomic E-state index is -0.285. The molecule has 0 saturated carbocycles. The van der Waals surface area contributed by atoms with E-state index in [-0.39, 0.29) is 6.10 Å². The van der Waals surface area contributed by atoms with Crippen molar-refractivity contribution in [1.82, 2.24) is 0 Å². The SMILES string of the molecule is O[C@@H](CSc1cccc(Cl)c1)C[NH+]1CCN(c2ccccc2)CC1. The van der Waals surface area contributed by atoms with E-state index in [1.54, 1.807) is 11.8 Å². The van der Waals surface area contributed by atoms with Gasteiger partial charge in [-0.25, -0.2) is 0 Å². The smallest absolute Gasteiger partial charge is 0.112 e. The van der Waals surface area contributed by atoms with Crippen LogP contribution in [0.4, 0.5) is 5.69 Å². The molecule has 1 heterocycles. The van der Waals surface area contributed by atoms with Gasteiger partial charge in [-0.05, 0) is 30.3 Å². The first-order valence-electron chi connectivity index (χ1n) is 8.41. The number of thioether (sulfide) groups is 1. The molecule has 3 rings (SSSR count). The average molecular weight is 364 g/mol. The molecule has 1 aliphatic heterocycles. The second-order valence-electron chi connectivity index (χ2n) is 6.20. The number of halogens is 1. The van der Waals surface area contributed by atoms with Gasteiger partial charge in [0.2, 0.25) is 0 Å². The maximum atomic E-state index is 10.3. The highest BCUT2D eigenvalue weighted by molar-refractivity contribution is 7.99. The number of nitrogens with one attached hydrogen (secondary N) is 1. The molecule has 0 unspecified atom stereocenters. The fourth-order valence-corrected chi connectivity index (χ4v) is 4.21. The average Bonchev–Trinajstić information content (AvgIpc) is 2.61. The number of quaternary nitrogens is 1. The van der Waals surface area contributed by atoms with Crippen LogP contribution in [0.1, 0.15) is 0 Å². The molecule has 5 heteroatoms. The zero-order chi connectivity index (χ0) is 16.8. The maximum absolute atomic E-state index is 10.3. The van der Waals surface area contributed by atoms with Crippen LogP contribution in [0.25, 0.3) is 0 Å². The Balaban J connectivity index is 1.41. The van der Waals surface area contributed by atoms with E-state index in [9.17, 15) is 5.11 Å². The van der Waals surface area contributed by atoms with Crippen LogP contribution in [0.5, 0.6) is 0 Å². The van der Waals surface area contributed by atoms with Crippen LogP contribution < -0.4 is 9.80 Å². The summed E-state index contributed by atoms with van der Waals surface area (Å²) < 4.78 is 0. The summed E-state index contributed by atoms with van der Waals surface area (Å²) in [6, 6.07) is 18.4.